The second kappa shape index (κ2) is 6.18. The van der Waals surface area contributed by atoms with Gasteiger partial charge in [0.1, 0.15) is 0 Å². The van der Waals surface area contributed by atoms with E-state index in [1.807, 2.05) is 19.0 Å². The van der Waals surface area contributed by atoms with Crippen LogP contribution in [0.15, 0.2) is 0 Å². The Bertz CT molecular complexity index is 544. The maximum atomic E-state index is 10.6. The van der Waals surface area contributed by atoms with Crippen molar-refractivity contribution >= 4 is 22.6 Å². The molecule has 4 atom stereocenters. The number of rotatable bonds is 3. The van der Waals surface area contributed by atoms with Crippen LogP contribution in [-0.4, -0.2) is 71.8 Å². The summed E-state index contributed by atoms with van der Waals surface area (Å²) in [7, 11) is 3.96. The van der Waals surface area contributed by atoms with Crippen LogP contribution < -0.4 is 9.80 Å². The first-order valence-electron chi connectivity index (χ1n) is 8.80. The molecule has 1 aromatic rings. The monoisotopic (exact) mass is 337 g/mol. The molecule has 1 saturated carbocycles. The van der Waals surface area contributed by atoms with E-state index in [-0.39, 0.29) is 6.10 Å². The number of likely N-dealkylation sites (tertiary alicyclic amines) is 1. The van der Waals surface area contributed by atoms with Gasteiger partial charge in [0, 0.05) is 44.8 Å². The Morgan fingerprint density at radius 3 is 2.48 bits per heavy atom. The summed E-state index contributed by atoms with van der Waals surface area (Å²) in [5.41, 5.74) is 0. The summed E-state index contributed by atoms with van der Waals surface area (Å²) in [6.45, 7) is 4.44. The lowest BCUT2D eigenvalue weighted by molar-refractivity contribution is -0.000854. The second-order valence-electron chi connectivity index (χ2n) is 7.55. The molecule has 3 fully saturated rings. The summed E-state index contributed by atoms with van der Waals surface area (Å²) in [5, 5.41) is 11.7. The van der Waals surface area contributed by atoms with Crippen LogP contribution in [0.4, 0.5) is 11.1 Å². The average molecular weight is 337 g/mol. The Morgan fingerprint density at radius 2 is 1.83 bits per heavy atom. The van der Waals surface area contributed by atoms with E-state index in [1.165, 1.54) is 37.5 Å². The molecule has 3 heterocycles. The zero-order valence-corrected chi connectivity index (χ0v) is 14.9. The molecule has 3 aliphatic rings. The Morgan fingerprint density at radius 1 is 1.13 bits per heavy atom. The van der Waals surface area contributed by atoms with E-state index in [0.29, 0.717) is 17.9 Å². The molecular formula is C16H27N5OS. The Labute approximate surface area is 142 Å². The molecule has 6 nitrogen and oxygen atoms in total. The van der Waals surface area contributed by atoms with Crippen molar-refractivity contribution in [1.82, 2.24) is 14.3 Å². The van der Waals surface area contributed by atoms with Crippen molar-refractivity contribution in [2.45, 2.75) is 37.8 Å². The zero-order chi connectivity index (χ0) is 16.0. The van der Waals surface area contributed by atoms with Crippen LogP contribution in [0.5, 0.6) is 0 Å². The van der Waals surface area contributed by atoms with Crippen molar-refractivity contribution in [3.05, 3.63) is 0 Å². The first-order valence-corrected chi connectivity index (χ1v) is 9.57. The molecule has 2 saturated heterocycles. The normalized spacial score (nSPS) is 34.8. The van der Waals surface area contributed by atoms with Crippen LogP contribution in [0.1, 0.15) is 25.7 Å². The molecule has 0 amide bonds. The van der Waals surface area contributed by atoms with Crippen molar-refractivity contribution in [2.75, 3.05) is 50.1 Å². The van der Waals surface area contributed by atoms with E-state index >= 15 is 0 Å². The summed E-state index contributed by atoms with van der Waals surface area (Å²) in [4.78, 5) is 11.5. The van der Waals surface area contributed by atoms with Gasteiger partial charge in [-0.05, 0) is 50.6 Å². The highest BCUT2D eigenvalue weighted by atomic mass is 32.1. The minimum atomic E-state index is -0.152. The highest BCUT2D eigenvalue weighted by Crippen LogP contribution is 2.41. The van der Waals surface area contributed by atoms with Crippen LogP contribution >= 0.6 is 11.5 Å². The highest BCUT2D eigenvalue weighted by Gasteiger charge is 2.44. The van der Waals surface area contributed by atoms with Crippen molar-refractivity contribution < 1.29 is 5.11 Å². The van der Waals surface area contributed by atoms with Gasteiger partial charge in [-0.1, -0.05) is 0 Å². The van der Waals surface area contributed by atoms with Crippen molar-refractivity contribution in [3.8, 4) is 0 Å². The van der Waals surface area contributed by atoms with E-state index in [0.717, 1.165) is 37.0 Å². The smallest absolute Gasteiger partial charge is 0.238 e. The number of aliphatic hydroxyl groups excluding tert-OH is 1. The number of aliphatic hydroxyl groups is 1. The second-order valence-corrected chi connectivity index (χ2v) is 8.28. The van der Waals surface area contributed by atoms with Gasteiger partial charge in [0.2, 0.25) is 11.1 Å². The zero-order valence-electron chi connectivity index (χ0n) is 14.1. The summed E-state index contributed by atoms with van der Waals surface area (Å²) >= 11 is 1.50. The Balaban J connectivity index is 1.44. The molecule has 128 valence electrons. The third kappa shape index (κ3) is 2.94. The lowest BCUT2D eigenvalue weighted by Gasteiger charge is -2.40. The van der Waals surface area contributed by atoms with E-state index < -0.39 is 0 Å². The summed E-state index contributed by atoms with van der Waals surface area (Å²) in [6, 6.07) is 0.380. The minimum Gasteiger partial charge on any atom is -0.391 e. The summed E-state index contributed by atoms with van der Waals surface area (Å²) in [5.74, 6) is 2.10. The molecule has 0 bridgehead atoms. The minimum absolute atomic E-state index is 0.152. The first-order chi connectivity index (χ1) is 11.1. The van der Waals surface area contributed by atoms with Crippen LogP contribution in [0.25, 0.3) is 0 Å². The van der Waals surface area contributed by atoms with E-state index in [4.69, 9.17) is 0 Å². The molecule has 0 radical (unpaired) electrons. The van der Waals surface area contributed by atoms with Crippen molar-refractivity contribution in [3.63, 3.8) is 0 Å². The average Bonchev–Trinajstić information content (AvgIpc) is 3.25. The topological polar surface area (TPSA) is 55.7 Å². The van der Waals surface area contributed by atoms with Crippen molar-refractivity contribution in [2.24, 2.45) is 11.8 Å². The number of nitrogens with zero attached hydrogens (tertiary/aromatic N) is 5. The fourth-order valence-corrected chi connectivity index (χ4v) is 5.30. The molecule has 2 aliphatic heterocycles. The van der Waals surface area contributed by atoms with Crippen LogP contribution in [0.3, 0.4) is 0 Å². The van der Waals surface area contributed by atoms with Gasteiger partial charge in [0.15, 0.2) is 0 Å². The molecule has 1 aromatic heterocycles. The van der Waals surface area contributed by atoms with E-state index in [1.54, 1.807) is 0 Å². The van der Waals surface area contributed by atoms with Gasteiger partial charge in [-0.25, -0.2) is 0 Å². The van der Waals surface area contributed by atoms with Gasteiger partial charge in [-0.2, -0.15) is 9.36 Å². The molecule has 1 aliphatic carbocycles. The Kier molecular flexibility index (Phi) is 4.19. The Hall–Kier alpha value is -0.920. The number of fused-ring (bicyclic) bond motifs is 1. The maximum absolute atomic E-state index is 10.6. The van der Waals surface area contributed by atoms with Gasteiger partial charge in [-0.15, -0.1) is 0 Å². The van der Waals surface area contributed by atoms with Gasteiger partial charge in [-0.3, -0.25) is 4.90 Å². The molecule has 7 heteroatoms. The standard InChI is InChI=1S/C16H27N5OS/c1-19(2)15-17-16(23-18-15)21-9-11-7-13(20-5-3-4-6-20)14(22)8-12(11)10-21/h11-14,22H,3-10H2,1-2H3/t11-,12+,13-,14-/m1/s1. The lowest BCUT2D eigenvalue weighted by Crippen LogP contribution is -2.48. The quantitative estimate of drug-likeness (QED) is 0.897. The van der Waals surface area contributed by atoms with Crippen LogP contribution in [-0.2, 0) is 0 Å². The number of hydrogen-bond donors (Lipinski definition) is 1. The molecule has 23 heavy (non-hydrogen) atoms. The highest BCUT2D eigenvalue weighted by molar-refractivity contribution is 7.09. The predicted molar refractivity (Wildman–Crippen MR) is 93.3 cm³/mol. The van der Waals surface area contributed by atoms with Crippen LogP contribution in [0.2, 0.25) is 0 Å². The molecule has 0 unspecified atom stereocenters. The van der Waals surface area contributed by atoms with Crippen molar-refractivity contribution in [1.29, 1.82) is 0 Å². The third-order valence-corrected chi connectivity index (χ3v) is 6.56. The molecule has 0 spiro atoms. The number of aromatic nitrogens is 2. The fourth-order valence-electron chi connectivity index (χ4n) is 4.55. The molecular weight excluding hydrogens is 310 g/mol. The van der Waals surface area contributed by atoms with E-state index in [9.17, 15) is 5.11 Å². The molecule has 4 rings (SSSR count). The number of anilines is 2. The summed E-state index contributed by atoms with van der Waals surface area (Å²) < 4.78 is 4.43. The maximum Gasteiger partial charge on any atom is 0.238 e. The first kappa shape index (κ1) is 15.6. The van der Waals surface area contributed by atoms with Gasteiger partial charge in [0.05, 0.1) is 6.10 Å². The molecule has 0 aromatic carbocycles. The summed E-state index contributed by atoms with van der Waals surface area (Å²) in [6.07, 6.45) is 4.52. The van der Waals surface area contributed by atoms with E-state index in [2.05, 4.69) is 19.2 Å². The number of hydrogen-bond acceptors (Lipinski definition) is 7. The third-order valence-electron chi connectivity index (χ3n) is 5.79. The van der Waals surface area contributed by atoms with Gasteiger partial charge in [0.25, 0.3) is 0 Å². The molecule has 1 N–H and O–H groups in total. The fraction of sp³-hybridized carbons (Fsp3) is 0.875. The SMILES string of the molecule is CN(C)c1nsc(N2C[C@H]3C[C@@H](N4CCCC4)[C@H](O)C[C@H]3C2)n1. The largest absolute Gasteiger partial charge is 0.391 e. The van der Waals surface area contributed by atoms with Crippen LogP contribution in [0, 0.1) is 11.8 Å². The van der Waals surface area contributed by atoms with Gasteiger partial charge >= 0.3 is 0 Å². The lowest BCUT2D eigenvalue weighted by atomic mass is 9.77. The van der Waals surface area contributed by atoms with Gasteiger partial charge < -0.3 is 14.9 Å². The predicted octanol–water partition coefficient (Wildman–Crippen LogP) is 1.28.